The van der Waals surface area contributed by atoms with Crippen molar-refractivity contribution in [2.75, 3.05) is 0 Å². The molecule has 5 heavy (non-hydrogen) atoms. The molecule has 2 N–H and O–H groups in total. The minimum atomic E-state index is -2.33. The van der Waals surface area contributed by atoms with E-state index < -0.39 is 4.74 Å². The number of hydrogen-bond donors (Lipinski definition) is 2. The van der Waals surface area contributed by atoms with Gasteiger partial charge in [0.2, 0.25) is 0 Å². The van der Waals surface area contributed by atoms with Crippen LogP contribution in [0.2, 0.25) is 0 Å². The normalized spacial score (nSPS) is 12.0. The van der Waals surface area contributed by atoms with Crippen LogP contribution in [-0.2, 0) is 0 Å². The first-order chi connectivity index (χ1) is 2.00. The van der Waals surface area contributed by atoms with Gasteiger partial charge in [0, 0.05) is 0 Å². The molecule has 0 aromatic rings. The zero-order chi connectivity index (χ0) is 4.50. The molecule has 0 saturated carbocycles. The Morgan fingerprint density at radius 2 is 1.60 bits per heavy atom. The van der Waals surface area contributed by atoms with Crippen LogP contribution in [-0.4, -0.2) is 15.2 Å². The second-order valence-corrected chi connectivity index (χ2v) is 1.26. The molecule has 0 aliphatic heterocycles. The van der Waals surface area contributed by atoms with Gasteiger partial charge in [-0.05, 0) is 0 Å². The van der Waals surface area contributed by atoms with Gasteiger partial charge in [-0.15, -0.1) is 0 Å². The zero-order valence-electron chi connectivity index (χ0n) is 2.33. The van der Waals surface area contributed by atoms with E-state index in [2.05, 4.69) is 0 Å². The largest absolute Gasteiger partial charge is 0.564 e. The molecule has 4 nitrogen and oxygen atoms in total. The van der Waals surface area contributed by atoms with Crippen LogP contribution in [0, 0.1) is 5.21 Å². The number of quaternary nitrogens is 1. The summed E-state index contributed by atoms with van der Waals surface area (Å²) in [7, 11) is 1.21. The second-order valence-electron chi connectivity index (χ2n) is 0.589. The molecule has 0 heterocycles. The zero-order valence-corrected chi connectivity index (χ0v) is 3.48. The maximum atomic E-state index is 9.12. The second kappa shape index (κ2) is 1.16. The third-order valence-corrected chi connectivity index (χ3v) is 0. The molecule has 0 aromatic carbocycles. The standard InChI is InChI=1S/H4NO3P/c2-1(3,4)5/h2-3H,5H2. The van der Waals surface area contributed by atoms with Gasteiger partial charge in [0.25, 0.3) is 0 Å². The van der Waals surface area contributed by atoms with Crippen LogP contribution < -0.4 is 0 Å². The van der Waals surface area contributed by atoms with E-state index in [0.717, 1.165) is 0 Å². The minimum Gasteiger partial charge on any atom is -0.564 e. The Bertz CT molecular complexity index is 22.4. The van der Waals surface area contributed by atoms with Crippen LogP contribution in [0.1, 0.15) is 0 Å². The van der Waals surface area contributed by atoms with Crippen LogP contribution in [0.15, 0.2) is 0 Å². The minimum absolute atomic E-state index is 1.21. The van der Waals surface area contributed by atoms with Crippen LogP contribution in [0.5, 0.6) is 0 Å². The van der Waals surface area contributed by atoms with Crippen LogP contribution in [0.25, 0.3) is 0 Å². The van der Waals surface area contributed by atoms with Gasteiger partial charge < -0.3 is 5.21 Å². The molecule has 5 heteroatoms. The van der Waals surface area contributed by atoms with Crippen LogP contribution in [0.3, 0.4) is 0 Å². The summed E-state index contributed by atoms with van der Waals surface area (Å²) in [5, 5.41) is 24.0. The van der Waals surface area contributed by atoms with Crippen molar-refractivity contribution in [3.05, 3.63) is 5.21 Å². The van der Waals surface area contributed by atoms with E-state index in [4.69, 9.17) is 15.6 Å². The summed E-state index contributed by atoms with van der Waals surface area (Å²) in [4.78, 5) is 0. The Labute approximate surface area is 31.0 Å². The maximum absolute atomic E-state index is 9.12. The third-order valence-electron chi connectivity index (χ3n) is 0. The summed E-state index contributed by atoms with van der Waals surface area (Å²) in [6, 6.07) is 0. The average Bonchev–Trinajstić information content (AvgIpc) is 0.722. The number of nitrogens with zero attached hydrogens (tertiary/aromatic N) is 1. The lowest BCUT2D eigenvalue weighted by atomic mass is 13.0. The highest BCUT2D eigenvalue weighted by Crippen LogP contribution is 1.97. The lowest BCUT2D eigenvalue weighted by Gasteiger charge is -2.15. The van der Waals surface area contributed by atoms with E-state index in [1.165, 1.54) is 9.39 Å². The van der Waals surface area contributed by atoms with Gasteiger partial charge in [-0.1, -0.05) is 4.74 Å². The van der Waals surface area contributed by atoms with E-state index in [1.54, 1.807) is 0 Å². The van der Waals surface area contributed by atoms with Crippen molar-refractivity contribution in [2.45, 2.75) is 0 Å². The topological polar surface area (TPSA) is 63.5 Å². The van der Waals surface area contributed by atoms with Gasteiger partial charge >= 0.3 is 0 Å². The van der Waals surface area contributed by atoms with E-state index in [-0.39, 0.29) is 0 Å². The van der Waals surface area contributed by atoms with E-state index in [0.29, 0.717) is 0 Å². The van der Waals surface area contributed by atoms with Crippen molar-refractivity contribution < 1.29 is 15.2 Å². The van der Waals surface area contributed by atoms with Crippen molar-refractivity contribution >= 4 is 9.39 Å². The summed E-state index contributed by atoms with van der Waals surface area (Å²) in [5.74, 6) is 0. The molecule has 1 atom stereocenters. The molecular formula is H4NO3P. The quantitative estimate of drug-likeness (QED) is 0.327. The fourth-order valence-corrected chi connectivity index (χ4v) is 0. The predicted octanol–water partition coefficient (Wildman–Crippen LogP) is -0.131. The fourth-order valence-electron chi connectivity index (χ4n) is 0. The molecule has 32 valence electrons. The molecule has 0 aliphatic carbocycles. The summed E-state index contributed by atoms with van der Waals surface area (Å²) < 4.78 is -2.33. The first kappa shape index (κ1) is 5.27. The van der Waals surface area contributed by atoms with Crippen LogP contribution in [0.4, 0.5) is 0 Å². The Kier molecular flexibility index (Phi) is 1.22. The fraction of sp³-hybridized carbons (Fsp3) is 0. The highest BCUT2D eigenvalue weighted by molar-refractivity contribution is 7.08. The molecule has 0 aliphatic rings. The smallest absolute Gasteiger partial charge is 0.145 e. The van der Waals surface area contributed by atoms with E-state index >= 15 is 0 Å². The number of rotatable bonds is 0. The van der Waals surface area contributed by atoms with E-state index in [9.17, 15) is 0 Å². The Hall–Kier alpha value is 0.270. The van der Waals surface area contributed by atoms with Gasteiger partial charge in [0.15, 0.2) is 0 Å². The Balaban J connectivity index is 3.02. The molecule has 1 unspecified atom stereocenters. The van der Waals surface area contributed by atoms with Crippen molar-refractivity contribution in [3.63, 3.8) is 0 Å². The van der Waals surface area contributed by atoms with Gasteiger partial charge in [-0.3, -0.25) is 0 Å². The molecule has 0 rings (SSSR count). The first-order valence-electron chi connectivity index (χ1n) is 0.841. The molecule has 0 spiro atoms. The average molecular weight is 97.0 g/mol. The predicted molar refractivity (Wildman–Crippen MR) is 16.9 cm³/mol. The first-order valence-corrected chi connectivity index (χ1v) is 1.36. The lowest BCUT2D eigenvalue weighted by Crippen LogP contribution is -2.18. The van der Waals surface area contributed by atoms with Crippen LogP contribution >= 0.6 is 9.39 Å². The van der Waals surface area contributed by atoms with Gasteiger partial charge in [0.1, 0.15) is 9.39 Å². The van der Waals surface area contributed by atoms with Gasteiger partial charge in [-0.25, -0.2) is 0 Å². The SMILES string of the molecule is [O-][N+](O)(O)P. The molecule has 0 aromatic heterocycles. The Morgan fingerprint density at radius 3 is 1.60 bits per heavy atom. The molecule has 0 fully saturated rings. The molecule has 0 amide bonds. The third kappa shape index (κ3) is 302. The molecule has 0 bridgehead atoms. The maximum Gasteiger partial charge on any atom is 0.145 e. The van der Waals surface area contributed by atoms with Crippen molar-refractivity contribution in [1.82, 2.24) is 0 Å². The summed E-state index contributed by atoms with van der Waals surface area (Å²) in [6.07, 6.45) is 0. The van der Waals surface area contributed by atoms with Gasteiger partial charge in [0.05, 0.1) is 0 Å². The summed E-state index contributed by atoms with van der Waals surface area (Å²) in [5.41, 5.74) is 0. The number of hydrogen-bond acceptors (Lipinski definition) is 3. The van der Waals surface area contributed by atoms with Gasteiger partial charge in [-0.2, -0.15) is 10.4 Å². The monoisotopic (exact) mass is 97.0 g/mol. The molecular weight excluding hydrogens is 93.0 g/mol. The van der Waals surface area contributed by atoms with Crippen molar-refractivity contribution in [2.24, 2.45) is 0 Å². The highest BCUT2D eigenvalue weighted by atomic mass is 31.0. The van der Waals surface area contributed by atoms with E-state index in [1.807, 2.05) is 0 Å². The van der Waals surface area contributed by atoms with Crippen molar-refractivity contribution in [1.29, 1.82) is 0 Å². The highest BCUT2D eigenvalue weighted by Gasteiger charge is 1.89. The molecule has 0 saturated heterocycles. The lowest BCUT2D eigenvalue weighted by molar-refractivity contribution is -1.12. The summed E-state index contributed by atoms with van der Waals surface area (Å²) >= 11 is 0. The molecule has 0 radical (unpaired) electrons. The Morgan fingerprint density at radius 1 is 1.60 bits per heavy atom. The summed E-state index contributed by atoms with van der Waals surface area (Å²) in [6.45, 7) is 0. The van der Waals surface area contributed by atoms with Crippen molar-refractivity contribution in [3.8, 4) is 0 Å².